The highest BCUT2D eigenvalue weighted by atomic mass is 15.2. The minimum Gasteiger partial charge on any atom is -0.355 e. The fourth-order valence-corrected chi connectivity index (χ4v) is 3.43. The SMILES string of the molecule is Cc1ccc(C#N)c(N2CCCC(c3nccn3CCN(C)C)C2)n1. The lowest BCUT2D eigenvalue weighted by atomic mass is 9.96. The number of imidazole rings is 1. The predicted octanol–water partition coefficient (Wildman–Crippen LogP) is 2.40. The van der Waals surface area contributed by atoms with Gasteiger partial charge in [0.15, 0.2) is 0 Å². The fourth-order valence-electron chi connectivity index (χ4n) is 3.43. The molecule has 6 heteroatoms. The molecular formula is C19H26N6. The van der Waals surface area contributed by atoms with Gasteiger partial charge in [-0.25, -0.2) is 9.97 Å². The van der Waals surface area contributed by atoms with Crippen molar-refractivity contribution in [2.75, 3.05) is 38.6 Å². The summed E-state index contributed by atoms with van der Waals surface area (Å²) >= 11 is 0. The molecule has 2 aromatic rings. The van der Waals surface area contributed by atoms with Crippen molar-refractivity contribution in [3.05, 3.63) is 41.6 Å². The van der Waals surface area contributed by atoms with Crippen molar-refractivity contribution < 1.29 is 0 Å². The summed E-state index contributed by atoms with van der Waals surface area (Å²) in [5, 5.41) is 9.42. The van der Waals surface area contributed by atoms with E-state index in [1.165, 1.54) is 0 Å². The highest BCUT2D eigenvalue weighted by molar-refractivity contribution is 5.54. The molecule has 0 radical (unpaired) electrons. The third-order valence-electron chi connectivity index (χ3n) is 4.76. The van der Waals surface area contributed by atoms with Crippen LogP contribution in [0.2, 0.25) is 0 Å². The smallest absolute Gasteiger partial charge is 0.146 e. The van der Waals surface area contributed by atoms with E-state index in [1.807, 2.05) is 25.3 Å². The quantitative estimate of drug-likeness (QED) is 0.838. The number of pyridine rings is 1. The summed E-state index contributed by atoms with van der Waals surface area (Å²) in [5.41, 5.74) is 1.60. The normalized spacial score (nSPS) is 17.7. The summed E-state index contributed by atoms with van der Waals surface area (Å²) in [5.74, 6) is 2.34. The standard InChI is InChI=1S/C19H26N6/c1-15-6-7-16(13-20)19(22-15)25-9-4-5-17(14-25)18-21-8-10-24(18)12-11-23(2)3/h6-8,10,17H,4-5,9,11-12,14H2,1-3H3. The van der Waals surface area contributed by atoms with E-state index < -0.39 is 0 Å². The van der Waals surface area contributed by atoms with Crippen LogP contribution in [0.3, 0.4) is 0 Å². The number of aryl methyl sites for hydroxylation is 1. The Hall–Kier alpha value is -2.39. The molecule has 1 fully saturated rings. The minimum absolute atomic E-state index is 0.375. The number of nitriles is 1. The first-order valence-electron chi connectivity index (χ1n) is 8.87. The van der Waals surface area contributed by atoms with Crippen LogP contribution in [0.5, 0.6) is 0 Å². The molecule has 132 valence electrons. The van der Waals surface area contributed by atoms with Gasteiger partial charge in [0.25, 0.3) is 0 Å². The summed E-state index contributed by atoms with van der Waals surface area (Å²) in [6.45, 7) is 5.73. The second kappa shape index (κ2) is 7.66. The number of hydrogen-bond donors (Lipinski definition) is 0. The van der Waals surface area contributed by atoms with Crippen molar-refractivity contribution in [3.8, 4) is 6.07 Å². The van der Waals surface area contributed by atoms with Gasteiger partial charge in [-0.15, -0.1) is 0 Å². The Balaban J connectivity index is 1.80. The van der Waals surface area contributed by atoms with Gasteiger partial charge in [0.05, 0.1) is 5.56 Å². The molecule has 0 N–H and O–H groups in total. The summed E-state index contributed by atoms with van der Waals surface area (Å²) in [7, 11) is 4.18. The molecule has 1 saturated heterocycles. The number of likely N-dealkylation sites (N-methyl/N-ethyl adjacent to an activating group) is 1. The third-order valence-corrected chi connectivity index (χ3v) is 4.76. The Kier molecular flexibility index (Phi) is 5.34. The van der Waals surface area contributed by atoms with Gasteiger partial charge in [-0.1, -0.05) is 0 Å². The van der Waals surface area contributed by atoms with E-state index >= 15 is 0 Å². The Labute approximate surface area is 149 Å². The Morgan fingerprint density at radius 3 is 2.96 bits per heavy atom. The number of aromatic nitrogens is 3. The van der Waals surface area contributed by atoms with Crippen LogP contribution in [0.4, 0.5) is 5.82 Å². The predicted molar refractivity (Wildman–Crippen MR) is 98.7 cm³/mol. The zero-order valence-electron chi connectivity index (χ0n) is 15.3. The number of anilines is 1. The lowest BCUT2D eigenvalue weighted by molar-refractivity contribution is 0.373. The van der Waals surface area contributed by atoms with Crippen LogP contribution >= 0.6 is 0 Å². The van der Waals surface area contributed by atoms with Crippen LogP contribution in [0.15, 0.2) is 24.5 Å². The topological polar surface area (TPSA) is 61.0 Å². The largest absolute Gasteiger partial charge is 0.355 e. The maximum atomic E-state index is 9.42. The van der Waals surface area contributed by atoms with E-state index in [0.29, 0.717) is 11.5 Å². The average Bonchev–Trinajstić information content (AvgIpc) is 3.08. The van der Waals surface area contributed by atoms with Crippen molar-refractivity contribution in [3.63, 3.8) is 0 Å². The Morgan fingerprint density at radius 1 is 1.36 bits per heavy atom. The van der Waals surface area contributed by atoms with Gasteiger partial charge in [-0.3, -0.25) is 0 Å². The molecule has 0 amide bonds. The first-order chi connectivity index (χ1) is 12.1. The van der Waals surface area contributed by atoms with Gasteiger partial charge in [0, 0.05) is 50.2 Å². The van der Waals surface area contributed by atoms with Crippen LogP contribution in [0.1, 0.15) is 35.8 Å². The summed E-state index contributed by atoms with van der Waals surface area (Å²) in [6.07, 6.45) is 6.19. The minimum atomic E-state index is 0.375. The highest BCUT2D eigenvalue weighted by Gasteiger charge is 2.26. The molecule has 3 rings (SSSR count). The van der Waals surface area contributed by atoms with E-state index in [-0.39, 0.29) is 0 Å². The maximum absolute atomic E-state index is 9.42. The molecule has 0 aromatic carbocycles. The van der Waals surface area contributed by atoms with E-state index in [1.54, 1.807) is 0 Å². The molecule has 0 saturated carbocycles. The first-order valence-corrected chi connectivity index (χ1v) is 8.87. The fraction of sp³-hybridized carbons (Fsp3) is 0.526. The molecule has 1 aliphatic heterocycles. The molecular weight excluding hydrogens is 312 g/mol. The van der Waals surface area contributed by atoms with Crippen molar-refractivity contribution in [1.29, 1.82) is 5.26 Å². The second-order valence-corrected chi connectivity index (χ2v) is 7.00. The highest BCUT2D eigenvalue weighted by Crippen LogP contribution is 2.30. The monoisotopic (exact) mass is 338 g/mol. The van der Waals surface area contributed by atoms with Gasteiger partial charge in [-0.2, -0.15) is 5.26 Å². The lowest BCUT2D eigenvalue weighted by Gasteiger charge is -2.34. The number of piperidine rings is 1. The van der Waals surface area contributed by atoms with Crippen LogP contribution < -0.4 is 4.90 Å². The van der Waals surface area contributed by atoms with Crippen LogP contribution in [0.25, 0.3) is 0 Å². The number of hydrogen-bond acceptors (Lipinski definition) is 5. The van der Waals surface area contributed by atoms with E-state index in [2.05, 4.69) is 50.7 Å². The third kappa shape index (κ3) is 3.99. The molecule has 1 unspecified atom stereocenters. The van der Waals surface area contributed by atoms with E-state index in [4.69, 9.17) is 0 Å². The van der Waals surface area contributed by atoms with Crippen molar-refractivity contribution in [1.82, 2.24) is 19.4 Å². The first kappa shape index (κ1) is 17.4. The number of nitrogens with zero attached hydrogens (tertiary/aromatic N) is 6. The lowest BCUT2D eigenvalue weighted by Crippen LogP contribution is -2.36. The summed E-state index contributed by atoms with van der Waals surface area (Å²) < 4.78 is 2.27. The van der Waals surface area contributed by atoms with Crippen LogP contribution in [-0.2, 0) is 6.54 Å². The molecule has 6 nitrogen and oxygen atoms in total. The zero-order valence-corrected chi connectivity index (χ0v) is 15.3. The molecule has 2 aromatic heterocycles. The molecule has 25 heavy (non-hydrogen) atoms. The van der Waals surface area contributed by atoms with Gasteiger partial charge >= 0.3 is 0 Å². The van der Waals surface area contributed by atoms with Crippen molar-refractivity contribution in [2.24, 2.45) is 0 Å². The summed E-state index contributed by atoms with van der Waals surface area (Å²) in [6, 6.07) is 6.06. The molecule has 3 heterocycles. The van der Waals surface area contributed by atoms with Crippen molar-refractivity contribution >= 4 is 5.82 Å². The zero-order chi connectivity index (χ0) is 17.8. The molecule has 1 aliphatic rings. The molecule has 0 spiro atoms. The maximum Gasteiger partial charge on any atom is 0.146 e. The van der Waals surface area contributed by atoms with Crippen molar-refractivity contribution in [2.45, 2.75) is 32.2 Å². The van der Waals surface area contributed by atoms with E-state index in [0.717, 1.165) is 56.4 Å². The number of rotatable bonds is 5. The second-order valence-electron chi connectivity index (χ2n) is 7.00. The van der Waals surface area contributed by atoms with Crippen LogP contribution in [-0.4, -0.2) is 53.2 Å². The molecule has 1 atom stereocenters. The molecule has 0 bridgehead atoms. The van der Waals surface area contributed by atoms with Crippen LogP contribution in [0, 0.1) is 18.3 Å². The van der Waals surface area contributed by atoms with E-state index in [9.17, 15) is 5.26 Å². The summed E-state index contributed by atoms with van der Waals surface area (Å²) in [4.78, 5) is 13.7. The van der Waals surface area contributed by atoms with Gasteiger partial charge in [0.2, 0.25) is 0 Å². The Morgan fingerprint density at radius 2 is 2.20 bits per heavy atom. The van der Waals surface area contributed by atoms with Gasteiger partial charge < -0.3 is 14.4 Å². The van der Waals surface area contributed by atoms with Gasteiger partial charge in [-0.05, 0) is 46.0 Å². The Bertz CT molecular complexity index is 758. The molecule has 0 aliphatic carbocycles. The average molecular weight is 338 g/mol. The van der Waals surface area contributed by atoms with Gasteiger partial charge in [0.1, 0.15) is 17.7 Å².